The second kappa shape index (κ2) is 5.64. The van der Waals surface area contributed by atoms with Gasteiger partial charge in [0.2, 0.25) is 0 Å². The SMILES string of the molecule is O=C1c2cccc([N+](=O)[O-])c2C(=O)N1Cc1cc(Cl)ccc1Cl. The Hall–Kier alpha value is -2.44. The third-order valence-electron chi connectivity index (χ3n) is 3.51. The van der Waals surface area contributed by atoms with Gasteiger partial charge in [-0.1, -0.05) is 29.3 Å². The normalized spacial score (nSPS) is 13.4. The first kappa shape index (κ1) is 15.5. The number of fused-ring (bicyclic) bond motifs is 1. The smallest absolute Gasteiger partial charge is 0.270 e. The third kappa shape index (κ3) is 2.56. The van der Waals surface area contributed by atoms with Crippen molar-refractivity contribution in [2.75, 3.05) is 0 Å². The third-order valence-corrected chi connectivity index (χ3v) is 4.11. The molecule has 1 heterocycles. The predicted octanol–water partition coefficient (Wildman–Crippen LogP) is 3.70. The molecule has 116 valence electrons. The van der Waals surface area contributed by atoms with E-state index >= 15 is 0 Å². The molecule has 2 amide bonds. The van der Waals surface area contributed by atoms with Crippen LogP contribution in [0.2, 0.25) is 10.0 Å². The quantitative estimate of drug-likeness (QED) is 0.480. The van der Waals surface area contributed by atoms with Gasteiger partial charge in [-0.25, -0.2) is 0 Å². The van der Waals surface area contributed by atoms with Gasteiger partial charge in [0, 0.05) is 16.1 Å². The van der Waals surface area contributed by atoms with E-state index in [9.17, 15) is 19.7 Å². The van der Waals surface area contributed by atoms with Crippen LogP contribution in [0.3, 0.4) is 0 Å². The van der Waals surface area contributed by atoms with Gasteiger partial charge in [-0.3, -0.25) is 24.6 Å². The van der Waals surface area contributed by atoms with E-state index in [-0.39, 0.29) is 23.4 Å². The summed E-state index contributed by atoms with van der Waals surface area (Å²) in [6.07, 6.45) is 0. The summed E-state index contributed by atoms with van der Waals surface area (Å²) in [6.45, 7) is -0.108. The Morgan fingerprint density at radius 3 is 2.52 bits per heavy atom. The van der Waals surface area contributed by atoms with E-state index in [1.807, 2.05) is 0 Å². The summed E-state index contributed by atoms with van der Waals surface area (Å²) in [5, 5.41) is 11.8. The number of amides is 2. The Labute approximate surface area is 140 Å². The summed E-state index contributed by atoms with van der Waals surface area (Å²) in [5.74, 6) is -1.31. The second-order valence-corrected chi connectivity index (χ2v) is 5.73. The maximum atomic E-state index is 12.5. The minimum Gasteiger partial charge on any atom is -0.270 e. The van der Waals surface area contributed by atoms with Gasteiger partial charge in [0.15, 0.2) is 0 Å². The molecule has 0 fully saturated rings. The van der Waals surface area contributed by atoms with Crippen LogP contribution in [-0.4, -0.2) is 21.6 Å². The van der Waals surface area contributed by atoms with Crippen molar-refractivity contribution in [3.63, 3.8) is 0 Å². The summed E-state index contributed by atoms with van der Waals surface area (Å²) in [4.78, 5) is 36.2. The molecule has 3 rings (SSSR count). The highest BCUT2D eigenvalue weighted by Gasteiger charge is 2.40. The molecule has 1 aliphatic heterocycles. The molecule has 8 heteroatoms. The van der Waals surface area contributed by atoms with Crippen molar-refractivity contribution in [1.82, 2.24) is 4.90 Å². The number of rotatable bonds is 3. The van der Waals surface area contributed by atoms with Crippen LogP contribution in [0, 0.1) is 10.1 Å². The first-order valence-corrected chi connectivity index (χ1v) is 7.23. The molecular formula is C15H8Cl2N2O4. The van der Waals surface area contributed by atoms with E-state index < -0.39 is 16.7 Å². The van der Waals surface area contributed by atoms with Crippen LogP contribution in [0.15, 0.2) is 36.4 Å². The molecule has 0 radical (unpaired) electrons. The van der Waals surface area contributed by atoms with Gasteiger partial charge >= 0.3 is 0 Å². The van der Waals surface area contributed by atoms with E-state index in [0.29, 0.717) is 15.6 Å². The molecule has 1 aliphatic rings. The molecule has 23 heavy (non-hydrogen) atoms. The minimum atomic E-state index is -0.714. The molecule has 0 N–H and O–H groups in total. The fourth-order valence-corrected chi connectivity index (χ4v) is 2.82. The molecule has 0 bridgehead atoms. The molecule has 0 atom stereocenters. The van der Waals surface area contributed by atoms with Gasteiger partial charge in [0.05, 0.1) is 17.0 Å². The number of carbonyl (C=O) groups is 2. The van der Waals surface area contributed by atoms with Crippen LogP contribution in [0.1, 0.15) is 26.3 Å². The number of halogens is 2. The topological polar surface area (TPSA) is 80.5 Å². The lowest BCUT2D eigenvalue weighted by Crippen LogP contribution is -2.29. The van der Waals surface area contributed by atoms with Gasteiger partial charge in [0.25, 0.3) is 17.5 Å². The van der Waals surface area contributed by atoms with E-state index in [1.54, 1.807) is 18.2 Å². The molecule has 0 spiro atoms. The molecule has 0 aromatic heterocycles. The fourth-order valence-electron chi connectivity index (χ4n) is 2.45. The van der Waals surface area contributed by atoms with E-state index in [0.717, 1.165) is 4.90 Å². The number of nitrogens with zero attached hydrogens (tertiary/aromatic N) is 2. The lowest BCUT2D eigenvalue weighted by molar-refractivity contribution is -0.385. The van der Waals surface area contributed by atoms with Crippen molar-refractivity contribution >= 4 is 40.7 Å². The van der Waals surface area contributed by atoms with Crippen LogP contribution >= 0.6 is 23.2 Å². The Balaban J connectivity index is 2.02. The van der Waals surface area contributed by atoms with Gasteiger partial charge in [-0.2, -0.15) is 0 Å². The van der Waals surface area contributed by atoms with Crippen molar-refractivity contribution in [1.29, 1.82) is 0 Å². The van der Waals surface area contributed by atoms with Gasteiger partial charge in [-0.15, -0.1) is 0 Å². The molecule has 6 nitrogen and oxygen atoms in total. The van der Waals surface area contributed by atoms with Crippen molar-refractivity contribution in [3.8, 4) is 0 Å². The molecule has 0 saturated carbocycles. The van der Waals surface area contributed by atoms with E-state index in [4.69, 9.17) is 23.2 Å². The van der Waals surface area contributed by atoms with Crippen LogP contribution < -0.4 is 0 Å². The summed E-state index contributed by atoms with van der Waals surface area (Å²) in [5.41, 5.74) is -0.0835. The number of nitro benzene ring substituents is 1. The maximum Gasteiger partial charge on any atom is 0.282 e. The first-order valence-electron chi connectivity index (χ1n) is 6.47. The van der Waals surface area contributed by atoms with E-state index in [1.165, 1.54) is 18.2 Å². The van der Waals surface area contributed by atoms with Crippen molar-refractivity contribution in [3.05, 3.63) is 73.2 Å². The maximum absolute atomic E-state index is 12.5. The Bertz CT molecular complexity index is 867. The number of hydrogen-bond acceptors (Lipinski definition) is 4. The summed E-state index contributed by atoms with van der Waals surface area (Å²) < 4.78 is 0. The Morgan fingerprint density at radius 1 is 1.09 bits per heavy atom. The second-order valence-electron chi connectivity index (χ2n) is 4.89. The lowest BCUT2D eigenvalue weighted by Gasteiger charge is -2.15. The highest BCUT2D eigenvalue weighted by Crippen LogP contribution is 2.32. The van der Waals surface area contributed by atoms with Gasteiger partial charge in [-0.05, 0) is 29.8 Å². The first-order chi connectivity index (χ1) is 10.9. The predicted molar refractivity (Wildman–Crippen MR) is 83.8 cm³/mol. The molecule has 2 aromatic rings. The summed E-state index contributed by atoms with van der Waals surface area (Å²) in [7, 11) is 0. The number of nitro groups is 1. The van der Waals surface area contributed by atoms with Crippen LogP contribution in [0.25, 0.3) is 0 Å². The van der Waals surface area contributed by atoms with Gasteiger partial charge < -0.3 is 0 Å². The zero-order valence-electron chi connectivity index (χ0n) is 11.5. The monoisotopic (exact) mass is 350 g/mol. The zero-order chi connectivity index (χ0) is 16.7. The molecule has 0 aliphatic carbocycles. The molecular weight excluding hydrogens is 343 g/mol. The van der Waals surface area contributed by atoms with Crippen molar-refractivity contribution < 1.29 is 14.5 Å². The average Bonchev–Trinajstić information content (AvgIpc) is 2.76. The summed E-state index contributed by atoms with van der Waals surface area (Å²) in [6, 6.07) is 8.64. The Morgan fingerprint density at radius 2 is 1.83 bits per heavy atom. The standard InChI is InChI=1S/C15H8Cl2N2O4/c16-9-4-5-11(17)8(6-9)7-18-14(20)10-2-1-3-12(19(22)23)13(10)15(18)21/h1-6H,7H2. The highest BCUT2D eigenvalue weighted by molar-refractivity contribution is 6.33. The summed E-state index contributed by atoms with van der Waals surface area (Å²) >= 11 is 11.9. The van der Waals surface area contributed by atoms with Crippen molar-refractivity contribution in [2.45, 2.75) is 6.54 Å². The number of carbonyl (C=O) groups excluding carboxylic acids is 2. The molecule has 0 saturated heterocycles. The number of imide groups is 1. The fraction of sp³-hybridized carbons (Fsp3) is 0.0667. The lowest BCUT2D eigenvalue weighted by atomic mass is 10.1. The van der Waals surface area contributed by atoms with E-state index in [2.05, 4.69) is 0 Å². The number of hydrogen-bond donors (Lipinski definition) is 0. The van der Waals surface area contributed by atoms with Gasteiger partial charge in [0.1, 0.15) is 5.56 Å². The Kier molecular flexibility index (Phi) is 3.79. The van der Waals surface area contributed by atoms with Crippen LogP contribution in [0.4, 0.5) is 5.69 Å². The van der Waals surface area contributed by atoms with Crippen LogP contribution in [0.5, 0.6) is 0 Å². The largest absolute Gasteiger partial charge is 0.282 e. The highest BCUT2D eigenvalue weighted by atomic mass is 35.5. The molecule has 0 unspecified atom stereocenters. The average molecular weight is 351 g/mol. The minimum absolute atomic E-state index is 0.0161. The zero-order valence-corrected chi connectivity index (χ0v) is 13.0. The van der Waals surface area contributed by atoms with Crippen molar-refractivity contribution in [2.24, 2.45) is 0 Å². The number of benzene rings is 2. The van der Waals surface area contributed by atoms with Crippen LogP contribution in [-0.2, 0) is 6.54 Å². The molecule has 2 aromatic carbocycles.